The van der Waals surface area contributed by atoms with E-state index >= 15 is 0 Å². The number of piperazine rings is 1. The van der Waals surface area contributed by atoms with Crippen molar-refractivity contribution in [3.63, 3.8) is 0 Å². The van der Waals surface area contributed by atoms with Crippen LogP contribution in [0.15, 0.2) is 35.8 Å². The van der Waals surface area contributed by atoms with Crippen LogP contribution in [0.3, 0.4) is 0 Å². The van der Waals surface area contributed by atoms with Crippen molar-refractivity contribution in [1.29, 1.82) is 0 Å². The Hall–Kier alpha value is -2.38. The Morgan fingerprint density at radius 3 is 2.75 bits per heavy atom. The summed E-state index contributed by atoms with van der Waals surface area (Å²) in [6.45, 7) is 4.28. The fourth-order valence-corrected chi connectivity index (χ4v) is 3.92. The molecular formula is C17H19N5OS. The Labute approximate surface area is 144 Å². The second kappa shape index (κ2) is 6.26. The number of aromatic nitrogens is 2. The number of amides is 1. The zero-order chi connectivity index (χ0) is 16.5. The van der Waals surface area contributed by atoms with Gasteiger partial charge < -0.3 is 10.6 Å². The summed E-state index contributed by atoms with van der Waals surface area (Å²) in [6.07, 6.45) is 3.00. The highest BCUT2D eigenvalue weighted by molar-refractivity contribution is 7.15. The molecule has 1 aromatic carbocycles. The fraction of sp³-hybridized carbons (Fsp3) is 0.294. The number of thiazole rings is 1. The lowest BCUT2D eigenvalue weighted by atomic mass is 10.1. The molecule has 1 amide bonds. The van der Waals surface area contributed by atoms with Crippen LogP contribution in [0.1, 0.15) is 5.69 Å². The second-order valence-electron chi connectivity index (χ2n) is 6.01. The summed E-state index contributed by atoms with van der Waals surface area (Å²) >= 11 is 1.65. The maximum Gasteiger partial charge on any atom is 0.209 e. The molecule has 24 heavy (non-hydrogen) atoms. The minimum Gasteiger partial charge on any atom is -0.398 e. The standard InChI is InChI=1S/C17H19N5OS/c18-15-4-2-1-3-14(15)16-10-22-13(11-24-17(22)19-16)9-20-5-7-21(12-23)8-6-20/h1-4,10-12H,5-9,18H2. The van der Waals surface area contributed by atoms with Crippen LogP contribution in [0.4, 0.5) is 5.69 Å². The van der Waals surface area contributed by atoms with E-state index in [4.69, 9.17) is 10.7 Å². The van der Waals surface area contributed by atoms with Crippen molar-refractivity contribution in [2.45, 2.75) is 6.54 Å². The summed E-state index contributed by atoms with van der Waals surface area (Å²) in [4.78, 5) is 20.7. The molecule has 4 rings (SSSR count). The highest BCUT2D eigenvalue weighted by atomic mass is 32.1. The molecule has 3 heterocycles. The molecule has 3 aromatic rings. The average molecular weight is 341 g/mol. The third-order valence-corrected chi connectivity index (χ3v) is 5.35. The Morgan fingerprint density at radius 2 is 2.00 bits per heavy atom. The first-order valence-electron chi connectivity index (χ1n) is 7.96. The van der Waals surface area contributed by atoms with Crippen LogP contribution in [0.25, 0.3) is 16.2 Å². The Kier molecular flexibility index (Phi) is 3.95. The number of carbonyl (C=O) groups excluding carboxylic acids is 1. The summed E-state index contributed by atoms with van der Waals surface area (Å²) in [5.41, 5.74) is 9.92. The first-order valence-corrected chi connectivity index (χ1v) is 8.84. The molecule has 1 fully saturated rings. The predicted octanol–water partition coefficient (Wildman–Crippen LogP) is 1.92. The molecule has 2 N–H and O–H groups in total. The molecule has 2 aromatic heterocycles. The number of hydrogen-bond donors (Lipinski definition) is 1. The number of benzene rings is 1. The van der Waals surface area contributed by atoms with Gasteiger partial charge in [0.2, 0.25) is 6.41 Å². The van der Waals surface area contributed by atoms with Crippen LogP contribution in [0, 0.1) is 0 Å². The lowest BCUT2D eigenvalue weighted by molar-refractivity contribution is -0.119. The number of nitrogen functional groups attached to an aromatic ring is 1. The topological polar surface area (TPSA) is 66.9 Å². The van der Waals surface area contributed by atoms with E-state index < -0.39 is 0 Å². The molecule has 1 aliphatic heterocycles. The minimum absolute atomic E-state index is 0.745. The van der Waals surface area contributed by atoms with E-state index in [1.54, 1.807) is 11.3 Å². The molecule has 0 aliphatic carbocycles. The molecule has 0 bridgehead atoms. The monoisotopic (exact) mass is 341 g/mol. The van der Waals surface area contributed by atoms with Gasteiger partial charge in [-0.3, -0.25) is 14.1 Å². The highest BCUT2D eigenvalue weighted by Gasteiger charge is 2.18. The molecule has 0 atom stereocenters. The van der Waals surface area contributed by atoms with Gasteiger partial charge in [-0.25, -0.2) is 4.98 Å². The number of imidazole rings is 1. The normalized spacial score (nSPS) is 15.9. The number of fused-ring (bicyclic) bond motifs is 1. The van der Waals surface area contributed by atoms with E-state index in [-0.39, 0.29) is 0 Å². The zero-order valence-electron chi connectivity index (χ0n) is 13.3. The van der Waals surface area contributed by atoms with Crippen molar-refractivity contribution in [2.24, 2.45) is 0 Å². The third-order valence-electron chi connectivity index (χ3n) is 4.46. The van der Waals surface area contributed by atoms with Gasteiger partial charge in [-0.2, -0.15) is 0 Å². The zero-order valence-corrected chi connectivity index (χ0v) is 14.1. The van der Waals surface area contributed by atoms with Gasteiger partial charge in [-0.15, -0.1) is 11.3 Å². The molecule has 0 saturated carbocycles. The van der Waals surface area contributed by atoms with E-state index in [1.807, 2.05) is 29.2 Å². The van der Waals surface area contributed by atoms with E-state index in [2.05, 4.69) is 20.9 Å². The molecule has 7 heteroatoms. The van der Waals surface area contributed by atoms with Gasteiger partial charge in [0, 0.05) is 61.2 Å². The number of nitrogens with two attached hydrogens (primary N) is 1. The average Bonchev–Trinajstić information content (AvgIpc) is 3.18. The Bertz CT molecular complexity index is 863. The number of carbonyl (C=O) groups is 1. The van der Waals surface area contributed by atoms with Gasteiger partial charge in [0.05, 0.1) is 5.69 Å². The van der Waals surface area contributed by atoms with Crippen molar-refractivity contribution < 1.29 is 4.79 Å². The molecular weight excluding hydrogens is 322 g/mol. The van der Waals surface area contributed by atoms with Crippen LogP contribution in [0.2, 0.25) is 0 Å². The lowest BCUT2D eigenvalue weighted by Crippen LogP contribution is -2.45. The minimum atomic E-state index is 0.745. The molecule has 0 unspecified atom stereocenters. The quantitative estimate of drug-likeness (QED) is 0.581. The fourth-order valence-electron chi connectivity index (χ4n) is 3.06. The van der Waals surface area contributed by atoms with Gasteiger partial charge in [0.1, 0.15) is 0 Å². The predicted molar refractivity (Wildman–Crippen MR) is 95.8 cm³/mol. The molecule has 0 spiro atoms. The number of nitrogens with zero attached hydrogens (tertiary/aromatic N) is 4. The smallest absolute Gasteiger partial charge is 0.209 e. The first-order chi connectivity index (χ1) is 11.7. The Morgan fingerprint density at radius 1 is 1.21 bits per heavy atom. The maximum absolute atomic E-state index is 10.8. The molecule has 0 radical (unpaired) electrons. The van der Waals surface area contributed by atoms with Crippen LogP contribution < -0.4 is 5.73 Å². The van der Waals surface area contributed by atoms with Gasteiger partial charge in [0.25, 0.3) is 0 Å². The van der Waals surface area contributed by atoms with Crippen molar-refractivity contribution in [3.8, 4) is 11.3 Å². The number of anilines is 1. The van der Waals surface area contributed by atoms with Crippen molar-refractivity contribution >= 4 is 28.4 Å². The van der Waals surface area contributed by atoms with E-state index in [1.165, 1.54) is 5.69 Å². The Balaban J connectivity index is 1.57. The molecule has 6 nitrogen and oxygen atoms in total. The molecule has 1 aliphatic rings. The molecule has 1 saturated heterocycles. The maximum atomic E-state index is 10.8. The summed E-state index contributed by atoms with van der Waals surface area (Å²) < 4.78 is 2.15. The van der Waals surface area contributed by atoms with E-state index in [0.717, 1.165) is 61.0 Å². The van der Waals surface area contributed by atoms with Gasteiger partial charge >= 0.3 is 0 Å². The summed E-state index contributed by atoms with van der Waals surface area (Å²) in [5, 5.41) is 2.16. The van der Waals surface area contributed by atoms with Gasteiger partial charge in [-0.1, -0.05) is 18.2 Å². The first kappa shape index (κ1) is 15.2. The second-order valence-corrected chi connectivity index (χ2v) is 6.85. The van der Waals surface area contributed by atoms with Gasteiger partial charge in [0.15, 0.2) is 4.96 Å². The summed E-state index contributed by atoms with van der Waals surface area (Å²) in [6, 6.07) is 7.81. The number of rotatable bonds is 4. The highest BCUT2D eigenvalue weighted by Crippen LogP contribution is 2.28. The van der Waals surface area contributed by atoms with Crippen LogP contribution in [0.5, 0.6) is 0 Å². The number of para-hydroxylation sites is 1. The van der Waals surface area contributed by atoms with E-state index in [9.17, 15) is 4.79 Å². The van der Waals surface area contributed by atoms with Crippen LogP contribution in [-0.4, -0.2) is 51.8 Å². The molecule has 124 valence electrons. The van der Waals surface area contributed by atoms with Crippen molar-refractivity contribution in [3.05, 3.63) is 41.5 Å². The third kappa shape index (κ3) is 2.76. The van der Waals surface area contributed by atoms with Crippen LogP contribution in [-0.2, 0) is 11.3 Å². The van der Waals surface area contributed by atoms with Crippen molar-refractivity contribution in [1.82, 2.24) is 19.2 Å². The lowest BCUT2D eigenvalue weighted by Gasteiger charge is -2.32. The number of hydrogen-bond acceptors (Lipinski definition) is 5. The van der Waals surface area contributed by atoms with Crippen LogP contribution >= 0.6 is 11.3 Å². The van der Waals surface area contributed by atoms with Gasteiger partial charge in [-0.05, 0) is 6.07 Å². The SMILES string of the molecule is Nc1ccccc1-c1cn2c(CN3CCN(C=O)CC3)csc2n1. The summed E-state index contributed by atoms with van der Waals surface area (Å²) in [5.74, 6) is 0. The largest absolute Gasteiger partial charge is 0.398 e. The summed E-state index contributed by atoms with van der Waals surface area (Å²) in [7, 11) is 0. The van der Waals surface area contributed by atoms with E-state index in [0.29, 0.717) is 0 Å². The van der Waals surface area contributed by atoms with Crippen molar-refractivity contribution in [2.75, 3.05) is 31.9 Å².